The molecule has 0 spiro atoms. The summed E-state index contributed by atoms with van der Waals surface area (Å²) in [5.74, 6) is 0. The van der Waals surface area contributed by atoms with Crippen LogP contribution in [0.1, 0.15) is 66.1 Å². The summed E-state index contributed by atoms with van der Waals surface area (Å²) in [6.07, 6.45) is 12.2. The fourth-order valence-electron chi connectivity index (χ4n) is 1.59. The largest absolute Gasteiger partial charge is 1.00 e. The van der Waals surface area contributed by atoms with Crippen molar-refractivity contribution in [2.45, 2.75) is 64.7 Å². The quantitative estimate of drug-likeness (QED) is 0.367. The third-order valence-electron chi connectivity index (χ3n) is 2.49. The molecule has 0 fully saturated rings. The average molecular weight is 272 g/mol. The Morgan fingerprint density at radius 3 is 1.94 bits per heavy atom. The van der Waals surface area contributed by atoms with E-state index in [2.05, 4.69) is 6.92 Å². The van der Waals surface area contributed by atoms with E-state index in [0.29, 0.717) is 0 Å². The minimum atomic E-state index is -3.91. The van der Waals surface area contributed by atoms with Crippen LogP contribution in [0.3, 0.4) is 0 Å². The second-order valence-corrected chi connectivity index (χ2v) is 5.45. The van der Waals surface area contributed by atoms with Crippen molar-refractivity contribution in [1.29, 1.82) is 0 Å². The van der Waals surface area contributed by atoms with Gasteiger partial charge in [-0.2, -0.15) is 8.42 Å². The minimum absolute atomic E-state index is 0. The molecule has 0 aromatic heterocycles. The van der Waals surface area contributed by atoms with Crippen LogP contribution >= 0.6 is 0 Å². The van der Waals surface area contributed by atoms with Crippen LogP contribution in [0, 0.1) is 0 Å². The normalized spacial score (nSPS) is 11.6. The van der Waals surface area contributed by atoms with Gasteiger partial charge in [0.1, 0.15) is 0 Å². The Kier molecular flexibility index (Phi) is 15.4. The molecule has 1 N–H and O–H groups in total. The maximum Gasteiger partial charge on any atom is 1.00 e. The van der Waals surface area contributed by atoms with E-state index in [0.717, 1.165) is 24.7 Å². The van der Waals surface area contributed by atoms with E-state index in [9.17, 15) is 8.42 Å². The van der Waals surface area contributed by atoms with Crippen molar-refractivity contribution >= 4 is 10.1 Å². The first kappa shape index (κ1) is 20.0. The van der Waals surface area contributed by atoms with Gasteiger partial charge in [-0.1, -0.05) is 57.9 Å². The SMILES string of the molecule is CCCCCCCCCCC=CS(=O)(=O)O.[H-].[Na+]. The van der Waals surface area contributed by atoms with Gasteiger partial charge in [-0.25, -0.2) is 0 Å². The standard InChI is InChI=1S/C12H24O3S.Na.H/c1-2-3-4-5-6-7-8-9-10-11-12-16(13,14)15;;/h11-12H,2-10H2,1H3,(H,13,14,15);;/q;+1;-1. The molecule has 0 aliphatic rings. The summed E-state index contributed by atoms with van der Waals surface area (Å²) in [7, 11) is -3.91. The van der Waals surface area contributed by atoms with E-state index in [4.69, 9.17) is 4.55 Å². The van der Waals surface area contributed by atoms with E-state index < -0.39 is 10.1 Å². The van der Waals surface area contributed by atoms with E-state index in [-0.39, 0.29) is 31.0 Å². The number of hydrogen-bond donors (Lipinski definition) is 1. The van der Waals surface area contributed by atoms with Gasteiger partial charge in [-0.15, -0.1) is 0 Å². The second kappa shape index (κ2) is 13.1. The Morgan fingerprint density at radius 1 is 1.00 bits per heavy atom. The molecular formula is C12H25NaO3S. The van der Waals surface area contributed by atoms with Crippen LogP contribution in [-0.4, -0.2) is 13.0 Å². The molecule has 0 aliphatic carbocycles. The van der Waals surface area contributed by atoms with Gasteiger partial charge in [-0.05, 0) is 12.8 Å². The molecule has 3 nitrogen and oxygen atoms in total. The second-order valence-electron chi connectivity index (χ2n) is 4.15. The van der Waals surface area contributed by atoms with Gasteiger partial charge in [0.15, 0.2) is 0 Å². The van der Waals surface area contributed by atoms with Crippen molar-refractivity contribution in [3.05, 3.63) is 11.5 Å². The van der Waals surface area contributed by atoms with Gasteiger partial charge >= 0.3 is 29.6 Å². The predicted octanol–water partition coefficient (Wildman–Crippen LogP) is 1.04. The molecule has 17 heavy (non-hydrogen) atoms. The summed E-state index contributed by atoms with van der Waals surface area (Å²) in [5, 5.41) is 0.869. The zero-order valence-electron chi connectivity index (χ0n) is 12.2. The number of hydrogen-bond acceptors (Lipinski definition) is 2. The van der Waals surface area contributed by atoms with Gasteiger partial charge in [0, 0.05) is 0 Å². The van der Waals surface area contributed by atoms with Crippen molar-refractivity contribution in [2.75, 3.05) is 0 Å². The molecule has 0 aromatic rings. The molecular weight excluding hydrogens is 247 g/mol. The Labute approximate surface area is 130 Å². The van der Waals surface area contributed by atoms with E-state index in [1.54, 1.807) is 0 Å². The minimum Gasteiger partial charge on any atom is -1.00 e. The molecule has 0 saturated heterocycles. The van der Waals surface area contributed by atoms with Gasteiger partial charge < -0.3 is 1.43 Å². The van der Waals surface area contributed by atoms with Crippen molar-refractivity contribution in [3.8, 4) is 0 Å². The average Bonchev–Trinajstić information content (AvgIpc) is 2.19. The molecule has 0 unspecified atom stereocenters. The zero-order chi connectivity index (χ0) is 12.3. The van der Waals surface area contributed by atoms with Crippen LogP contribution in [0.5, 0.6) is 0 Å². The number of unbranched alkanes of at least 4 members (excludes halogenated alkanes) is 8. The Bertz CT molecular complexity index is 279. The van der Waals surface area contributed by atoms with Crippen molar-refractivity contribution < 1.29 is 44.0 Å². The topological polar surface area (TPSA) is 54.4 Å². The van der Waals surface area contributed by atoms with Crippen molar-refractivity contribution in [2.24, 2.45) is 0 Å². The van der Waals surface area contributed by atoms with Crippen LogP contribution in [0.25, 0.3) is 0 Å². The summed E-state index contributed by atoms with van der Waals surface area (Å²) in [6, 6.07) is 0. The third kappa shape index (κ3) is 19.2. The molecule has 0 heterocycles. The molecule has 98 valence electrons. The predicted molar refractivity (Wildman–Crippen MR) is 69.0 cm³/mol. The van der Waals surface area contributed by atoms with Crippen LogP contribution in [0.2, 0.25) is 0 Å². The third-order valence-corrected chi connectivity index (χ3v) is 3.03. The fourth-order valence-corrected chi connectivity index (χ4v) is 1.96. The van der Waals surface area contributed by atoms with E-state index in [1.807, 2.05) is 0 Å². The molecule has 0 aromatic carbocycles. The monoisotopic (exact) mass is 272 g/mol. The van der Waals surface area contributed by atoms with E-state index in [1.165, 1.54) is 44.6 Å². The Hall–Kier alpha value is 0.650. The van der Waals surface area contributed by atoms with Crippen molar-refractivity contribution in [3.63, 3.8) is 0 Å². The van der Waals surface area contributed by atoms with Gasteiger partial charge in [0.2, 0.25) is 0 Å². The first-order valence-electron chi connectivity index (χ1n) is 6.20. The van der Waals surface area contributed by atoms with E-state index >= 15 is 0 Å². The maximum atomic E-state index is 10.3. The van der Waals surface area contributed by atoms with Crippen LogP contribution < -0.4 is 29.6 Å². The number of allylic oxidation sites excluding steroid dienone is 1. The molecule has 0 aliphatic heterocycles. The molecule has 0 radical (unpaired) electrons. The smallest absolute Gasteiger partial charge is 1.00 e. The van der Waals surface area contributed by atoms with Gasteiger partial charge in [0.25, 0.3) is 10.1 Å². The first-order valence-corrected chi connectivity index (χ1v) is 7.70. The van der Waals surface area contributed by atoms with Crippen LogP contribution in [0.15, 0.2) is 11.5 Å². The maximum absolute atomic E-state index is 10.3. The Balaban J connectivity index is -0.00000112. The number of rotatable bonds is 10. The summed E-state index contributed by atoms with van der Waals surface area (Å²) in [4.78, 5) is 0. The van der Waals surface area contributed by atoms with Crippen molar-refractivity contribution in [1.82, 2.24) is 0 Å². The summed E-state index contributed by atoms with van der Waals surface area (Å²) in [5.41, 5.74) is 0. The zero-order valence-corrected chi connectivity index (χ0v) is 14.0. The molecule has 5 heteroatoms. The summed E-state index contributed by atoms with van der Waals surface area (Å²) < 4.78 is 29.1. The molecule has 0 amide bonds. The van der Waals surface area contributed by atoms with Crippen LogP contribution in [-0.2, 0) is 10.1 Å². The Morgan fingerprint density at radius 2 is 1.47 bits per heavy atom. The molecule has 0 saturated carbocycles. The summed E-state index contributed by atoms with van der Waals surface area (Å²) in [6.45, 7) is 2.21. The van der Waals surface area contributed by atoms with Gasteiger partial charge in [-0.3, -0.25) is 4.55 Å². The van der Waals surface area contributed by atoms with Crippen LogP contribution in [0.4, 0.5) is 0 Å². The fraction of sp³-hybridized carbons (Fsp3) is 0.833. The molecule has 0 rings (SSSR count). The van der Waals surface area contributed by atoms with Gasteiger partial charge in [0.05, 0.1) is 5.41 Å². The summed E-state index contributed by atoms with van der Waals surface area (Å²) >= 11 is 0. The molecule has 0 bridgehead atoms. The molecule has 0 atom stereocenters. The first-order chi connectivity index (χ1) is 7.56.